The Labute approximate surface area is 237 Å². The monoisotopic (exact) mass is 583 g/mol. The van der Waals surface area contributed by atoms with Gasteiger partial charge in [0.1, 0.15) is 5.82 Å². The number of carbonyl (C=O) groups excluding carboxylic acids is 1. The van der Waals surface area contributed by atoms with Gasteiger partial charge in [-0.2, -0.15) is 13.2 Å². The average molecular weight is 584 g/mol. The zero-order chi connectivity index (χ0) is 28.3. The molecule has 5 rings (SSSR count). The van der Waals surface area contributed by atoms with Crippen molar-refractivity contribution >= 4 is 40.7 Å². The molecule has 1 aliphatic heterocycles. The van der Waals surface area contributed by atoms with E-state index >= 15 is 0 Å². The number of carbonyl (C=O) groups is 1. The summed E-state index contributed by atoms with van der Waals surface area (Å²) >= 11 is 6.45. The van der Waals surface area contributed by atoms with Crippen LogP contribution in [-0.2, 0) is 35.1 Å². The van der Waals surface area contributed by atoms with Crippen LogP contribution in [0.2, 0.25) is 5.02 Å². The fourth-order valence-electron chi connectivity index (χ4n) is 4.54. The first-order chi connectivity index (χ1) is 19.2. The van der Waals surface area contributed by atoms with Gasteiger partial charge in [0.05, 0.1) is 11.3 Å². The van der Waals surface area contributed by atoms with Gasteiger partial charge in [-0.25, -0.2) is 4.98 Å². The lowest BCUT2D eigenvalue weighted by Crippen LogP contribution is -2.34. The third-order valence-corrected chi connectivity index (χ3v) is 7.25. The number of hydrogen-bond acceptors (Lipinski definition) is 5. The maximum atomic E-state index is 13.7. The smallest absolute Gasteiger partial charge is 0.367 e. The Balaban J connectivity index is 1.37. The number of fused-ring (bicyclic) bond motifs is 1. The number of halogens is 4. The highest BCUT2D eigenvalue weighted by atomic mass is 35.5. The Kier molecular flexibility index (Phi) is 7.99. The standard InChI is InChI=1S/C29H22ClF3N4O2S/c30-23-6-9-25(29(31,32)33)22(13-23)17-37-11-10-34-27-26(37)14-21(16-35-27)19-2-1-3-20(12-19)28(38)36-15-18-4-7-24(40-39)8-5-18/h1-9,12-14,16H,10-11,15,17H2,(H-,34,35,36,38)/p+1. The van der Waals surface area contributed by atoms with Crippen molar-refractivity contribution in [2.45, 2.75) is 24.2 Å². The lowest BCUT2D eigenvalue weighted by Gasteiger charge is -2.32. The number of benzene rings is 3. The summed E-state index contributed by atoms with van der Waals surface area (Å²) in [5.74, 6) is 0.305. The van der Waals surface area contributed by atoms with Crippen LogP contribution in [0.1, 0.15) is 27.0 Å². The first kappa shape index (κ1) is 27.5. The van der Waals surface area contributed by atoms with Crippen LogP contribution in [0.25, 0.3) is 11.1 Å². The van der Waals surface area contributed by atoms with Crippen molar-refractivity contribution in [1.82, 2.24) is 10.3 Å². The van der Waals surface area contributed by atoms with Gasteiger partial charge in [0.2, 0.25) is 0 Å². The molecule has 0 atom stereocenters. The summed E-state index contributed by atoms with van der Waals surface area (Å²) < 4.78 is 51.9. The normalized spacial score (nSPS) is 12.8. The van der Waals surface area contributed by atoms with Crippen LogP contribution in [-0.4, -0.2) is 24.0 Å². The van der Waals surface area contributed by atoms with Gasteiger partial charge in [0, 0.05) is 64.9 Å². The Hall–Kier alpha value is -4.02. The third-order valence-electron chi connectivity index (χ3n) is 6.55. The number of alkyl halides is 3. The first-order valence-corrected chi connectivity index (χ1v) is 13.4. The molecule has 0 saturated carbocycles. The summed E-state index contributed by atoms with van der Waals surface area (Å²) in [6, 6.07) is 19.5. The van der Waals surface area contributed by atoms with E-state index in [0.717, 1.165) is 22.8 Å². The van der Waals surface area contributed by atoms with Crippen LogP contribution in [0, 0.1) is 0 Å². The molecule has 11 heteroatoms. The van der Waals surface area contributed by atoms with Gasteiger partial charge in [0.15, 0.2) is 0 Å². The third kappa shape index (κ3) is 6.24. The van der Waals surface area contributed by atoms with Crippen LogP contribution in [0.4, 0.5) is 24.7 Å². The van der Waals surface area contributed by atoms with Crippen molar-refractivity contribution < 1.29 is 22.2 Å². The van der Waals surface area contributed by atoms with E-state index < -0.39 is 11.7 Å². The number of anilines is 2. The molecule has 0 bridgehead atoms. The highest BCUT2D eigenvalue weighted by Crippen LogP contribution is 2.37. The van der Waals surface area contributed by atoms with Crippen molar-refractivity contribution in [1.29, 1.82) is 0 Å². The van der Waals surface area contributed by atoms with Crippen LogP contribution in [0.5, 0.6) is 0 Å². The highest BCUT2D eigenvalue weighted by Gasteiger charge is 2.34. The Morgan fingerprint density at radius 2 is 1.85 bits per heavy atom. The topological polar surface area (TPSA) is 74.3 Å². The maximum absolute atomic E-state index is 13.7. The minimum Gasteiger partial charge on any atom is -0.367 e. The minimum atomic E-state index is -4.50. The zero-order valence-corrected chi connectivity index (χ0v) is 22.5. The van der Waals surface area contributed by atoms with Gasteiger partial charge in [-0.3, -0.25) is 4.79 Å². The molecule has 6 nitrogen and oxygen atoms in total. The van der Waals surface area contributed by atoms with Gasteiger partial charge in [-0.05, 0) is 53.1 Å². The van der Waals surface area contributed by atoms with E-state index in [1.54, 1.807) is 48.7 Å². The Bertz CT molecular complexity index is 1560. The molecule has 2 heterocycles. The van der Waals surface area contributed by atoms with Gasteiger partial charge < -0.3 is 15.5 Å². The largest absolute Gasteiger partial charge is 0.505 e. The number of pyridine rings is 1. The second-order valence-electron chi connectivity index (χ2n) is 9.23. The van der Waals surface area contributed by atoms with Crippen LogP contribution >= 0.6 is 11.6 Å². The highest BCUT2D eigenvalue weighted by molar-refractivity contribution is 7.65. The molecule has 0 aliphatic carbocycles. The van der Waals surface area contributed by atoms with Crippen LogP contribution in [0.15, 0.2) is 83.9 Å². The summed E-state index contributed by atoms with van der Waals surface area (Å²) in [6.07, 6.45) is -2.83. The second kappa shape index (κ2) is 11.6. The van der Waals surface area contributed by atoms with Crippen molar-refractivity contribution in [3.05, 3.63) is 106 Å². The summed E-state index contributed by atoms with van der Waals surface area (Å²) in [7, 11) is 0. The number of amides is 1. The van der Waals surface area contributed by atoms with Gasteiger partial charge in [-0.1, -0.05) is 35.9 Å². The molecule has 1 aliphatic rings. The Morgan fingerprint density at radius 3 is 2.60 bits per heavy atom. The van der Waals surface area contributed by atoms with E-state index in [1.165, 1.54) is 12.1 Å². The lowest BCUT2D eigenvalue weighted by atomic mass is 10.0. The number of nitrogens with zero attached hydrogens (tertiary/aromatic N) is 2. The minimum absolute atomic E-state index is 0.00610. The maximum Gasteiger partial charge on any atom is 0.505 e. The van der Waals surface area contributed by atoms with Crippen molar-refractivity contribution in [3.63, 3.8) is 0 Å². The molecule has 4 aromatic rings. The molecule has 40 heavy (non-hydrogen) atoms. The number of hydrogen-bond donors (Lipinski definition) is 2. The molecule has 0 fully saturated rings. The quantitative estimate of drug-likeness (QED) is 0.241. The van der Waals surface area contributed by atoms with Crippen LogP contribution < -0.4 is 15.5 Å². The van der Waals surface area contributed by atoms with Crippen molar-refractivity contribution in [2.24, 2.45) is 0 Å². The zero-order valence-electron chi connectivity index (χ0n) is 21.0. The molecule has 1 amide bonds. The van der Waals surface area contributed by atoms with E-state index in [9.17, 15) is 22.2 Å². The molecule has 2 N–H and O–H groups in total. The van der Waals surface area contributed by atoms with Gasteiger partial charge in [-0.15, -0.1) is 0 Å². The number of rotatable bonds is 7. The Morgan fingerprint density at radius 1 is 1.05 bits per heavy atom. The van der Waals surface area contributed by atoms with Crippen molar-refractivity contribution in [3.8, 4) is 11.1 Å². The molecule has 0 saturated heterocycles. The second-order valence-corrected chi connectivity index (χ2v) is 10.3. The molecule has 0 unspecified atom stereocenters. The predicted molar refractivity (Wildman–Crippen MR) is 150 cm³/mol. The molecule has 0 spiro atoms. The summed E-state index contributed by atoms with van der Waals surface area (Å²) in [5, 5.41) is 6.31. The fraction of sp³-hybridized carbons (Fsp3) is 0.172. The summed E-state index contributed by atoms with van der Waals surface area (Å²) in [6.45, 7) is 1.30. The van der Waals surface area contributed by atoms with E-state index in [0.29, 0.717) is 53.3 Å². The van der Waals surface area contributed by atoms with E-state index in [2.05, 4.69) is 15.6 Å². The molecule has 1 aromatic heterocycles. The molecular formula is C29H23ClF3N4O2S+. The van der Waals surface area contributed by atoms with Gasteiger partial charge >= 0.3 is 17.8 Å². The number of nitrogens with one attached hydrogen (secondary N) is 2. The SMILES string of the molecule is O=[S+]c1ccc(CNC(=O)c2cccc(-c3cnc4c(c3)N(Cc3cc(Cl)ccc3C(F)(F)F)CCN4)c2)cc1. The fourth-order valence-corrected chi connectivity index (χ4v) is 4.99. The first-order valence-electron chi connectivity index (χ1n) is 12.3. The van der Waals surface area contributed by atoms with E-state index in [4.69, 9.17) is 11.6 Å². The molecular weight excluding hydrogens is 561 g/mol. The number of aromatic nitrogens is 1. The predicted octanol–water partition coefficient (Wildman–Crippen LogP) is 6.57. The molecule has 3 aromatic carbocycles. The molecule has 0 radical (unpaired) electrons. The summed E-state index contributed by atoms with van der Waals surface area (Å²) in [5.41, 5.74) is 2.79. The van der Waals surface area contributed by atoms with Gasteiger partial charge in [0.25, 0.3) is 10.8 Å². The van der Waals surface area contributed by atoms with E-state index in [1.807, 2.05) is 17.0 Å². The van der Waals surface area contributed by atoms with Crippen LogP contribution in [0.3, 0.4) is 0 Å². The lowest BCUT2D eigenvalue weighted by molar-refractivity contribution is -0.138. The van der Waals surface area contributed by atoms with E-state index in [-0.39, 0.29) is 23.0 Å². The molecule has 204 valence electrons. The van der Waals surface area contributed by atoms with Crippen molar-refractivity contribution in [2.75, 3.05) is 23.3 Å². The summed E-state index contributed by atoms with van der Waals surface area (Å²) in [4.78, 5) is 19.8. The average Bonchev–Trinajstić information content (AvgIpc) is 2.95.